The van der Waals surface area contributed by atoms with Crippen molar-refractivity contribution in [1.82, 2.24) is 4.90 Å². The van der Waals surface area contributed by atoms with Crippen LogP contribution in [0.3, 0.4) is 0 Å². The average molecular weight is 313 g/mol. The Kier molecular flexibility index (Phi) is 4.60. The number of aromatic carboxylic acids is 1. The van der Waals surface area contributed by atoms with Gasteiger partial charge in [-0.15, -0.1) is 0 Å². The SMILES string of the molecule is O=C(O)c1ccc2c(c1)OCCN(C[C@@H](O)c1ccccc1)C2. The van der Waals surface area contributed by atoms with E-state index in [-0.39, 0.29) is 5.56 Å². The van der Waals surface area contributed by atoms with E-state index >= 15 is 0 Å². The number of hydrogen-bond acceptors (Lipinski definition) is 4. The van der Waals surface area contributed by atoms with Gasteiger partial charge in [-0.1, -0.05) is 36.4 Å². The van der Waals surface area contributed by atoms with E-state index < -0.39 is 12.1 Å². The topological polar surface area (TPSA) is 70.0 Å². The predicted octanol–water partition coefficient (Wildman–Crippen LogP) is 2.31. The second kappa shape index (κ2) is 6.81. The van der Waals surface area contributed by atoms with E-state index in [4.69, 9.17) is 9.84 Å². The molecule has 1 atom stereocenters. The van der Waals surface area contributed by atoms with Crippen molar-refractivity contribution in [3.05, 3.63) is 65.2 Å². The van der Waals surface area contributed by atoms with Gasteiger partial charge in [0.2, 0.25) is 0 Å². The highest BCUT2D eigenvalue weighted by atomic mass is 16.5. The number of ether oxygens (including phenoxy) is 1. The van der Waals surface area contributed by atoms with Gasteiger partial charge in [-0.05, 0) is 17.7 Å². The Morgan fingerprint density at radius 1 is 1.22 bits per heavy atom. The first-order valence-electron chi connectivity index (χ1n) is 7.58. The molecule has 0 spiro atoms. The maximum atomic E-state index is 11.0. The van der Waals surface area contributed by atoms with Crippen LogP contribution in [0.5, 0.6) is 5.75 Å². The first-order valence-corrected chi connectivity index (χ1v) is 7.58. The highest BCUT2D eigenvalue weighted by molar-refractivity contribution is 5.88. The van der Waals surface area contributed by atoms with E-state index in [0.717, 1.165) is 11.1 Å². The molecule has 5 nitrogen and oxygen atoms in total. The van der Waals surface area contributed by atoms with Crippen LogP contribution >= 0.6 is 0 Å². The maximum absolute atomic E-state index is 11.0. The molecule has 0 aromatic heterocycles. The highest BCUT2D eigenvalue weighted by Gasteiger charge is 2.19. The molecular formula is C18H19NO4. The summed E-state index contributed by atoms with van der Waals surface area (Å²) >= 11 is 0. The van der Waals surface area contributed by atoms with Crippen LogP contribution in [0, 0.1) is 0 Å². The number of benzene rings is 2. The summed E-state index contributed by atoms with van der Waals surface area (Å²) in [6.07, 6.45) is -0.559. The van der Waals surface area contributed by atoms with Gasteiger partial charge < -0.3 is 14.9 Å². The minimum absolute atomic E-state index is 0.224. The summed E-state index contributed by atoms with van der Waals surface area (Å²) in [6, 6.07) is 14.5. The number of carboxylic acid groups (broad SMARTS) is 1. The van der Waals surface area contributed by atoms with Crippen LogP contribution in [-0.4, -0.2) is 40.8 Å². The van der Waals surface area contributed by atoms with Crippen molar-refractivity contribution in [2.24, 2.45) is 0 Å². The first-order chi connectivity index (χ1) is 11.1. The number of carbonyl (C=O) groups is 1. The van der Waals surface area contributed by atoms with Gasteiger partial charge in [-0.25, -0.2) is 4.79 Å². The fourth-order valence-electron chi connectivity index (χ4n) is 2.74. The molecule has 2 aromatic rings. The lowest BCUT2D eigenvalue weighted by Gasteiger charge is -2.23. The summed E-state index contributed by atoms with van der Waals surface area (Å²) in [4.78, 5) is 13.2. The zero-order chi connectivity index (χ0) is 16.2. The Hall–Kier alpha value is -2.37. The standard InChI is InChI=1S/C18H19NO4/c20-16(13-4-2-1-3-5-13)12-19-8-9-23-17-10-14(18(21)22)6-7-15(17)11-19/h1-7,10,16,20H,8-9,11-12H2,(H,21,22)/t16-/m1/s1. The van der Waals surface area contributed by atoms with Crippen molar-refractivity contribution in [2.45, 2.75) is 12.6 Å². The largest absolute Gasteiger partial charge is 0.492 e. The number of β-amino-alcohol motifs (C(OH)–C–C–N with tert-alkyl or cyclic N) is 1. The Labute approximate surface area is 134 Å². The zero-order valence-electron chi connectivity index (χ0n) is 12.7. The number of aliphatic hydroxyl groups excluding tert-OH is 1. The molecular weight excluding hydrogens is 294 g/mol. The second-order valence-corrected chi connectivity index (χ2v) is 5.64. The molecule has 0 amide bonds. The molecule has 120 valence electrons. The number of carboxylic acids is 1. The van der Waals surface area contributed by atoms with Crippen molar-refractivity contribution >= 4 is 5.97 Å². The highest BCUT2D eigenvalue weighted by Crippen LogP contribution is 2.26. The van der Waals surface area contributed by atoms with Gasteiger partial charge in [0, 0.05) is 25.2 Å². The molecule has 3 rings (SSSR count). The van der Waals surface area contributed by atoms with E-state index in [2.05, 4.69) is 4.90 Å². The molecule has 5 heteroatoms. The molecule has 0 radical (unpaired) electrons. The van der Waals surface area contributed by atoms with Gasteiger partial charge in [-0.2, -0.15) is 0 Å². The van der Waals surface area contributed by atoms with Gasteiger partial charge in [0.15, 0.2) is 0 Å². The number of rotatable bonds is 4. The number of fused-ring (bicyclic) bond motifs is 1. The van der Waals surface area contributed by atoms with Crippen LogP contribution in [0.4, 0.5) is 0 Å². The lowest BCUT2D eigenvalue weighted by molar-refractivity contribution is 0.0696. The van der Waals surface area contributed by atoms with Gasteiger partial charge in [0.05, 0.1) is 11.7 Å². The third-order valence-electron chi connectivity index (χ3n) is 3.99. The van der Waals surface area contributed by atoms with Crippen LogP contribution in [0.15, 0.2) is 48.5 Å². The van der Waals surface area contributed by atoms with Crippen LogP contribution < -0.4 is 4.74 Å². The molecule has 0 saturated carbocycles. The van der Waals surface area contributed by atoms with E-state index in [1.54, 1.807) is 18.2 Å². The Morgan fingerprint density at radius 3 is 2.74 bits per heavy atom. The Balaban J connectivity index is 1.72. The number of aliphatic hydroxyl groups is 1. The first kappa shape index (κ1) is 15.5. The predicted molar refractivity (Wildman–Crippen MR) is 85.6 cm³/mol. The van der Waals surface area contributed by atoms with Crippen molar-refractivity contribution in [2.75, 3.05) is 19.7 Å². The number of hydrogen-bond donors (Lipinski definition) is 2. The fraction of sp³-hybridized carbons (Fsp3) is 0.278. The third-order valence-corrected chi connectivity index (χ3v) is 3.99. The van der Waals surface area contributed by atoms with Crippen molar-refractivity contribution in [1.29, 1.82) is 0 Å². The Morgan fingerprint density at radius 2 is 2.00 bits per heavy atom. The van der Waals surface area contributed by atoms with Gasteiger partial charge in [0.25, 0.3) is 0 Å². The summed E-state index contributed by atoms with van der Waals surface area (Å²) in [5.41, 5.74) is 2.05. The molecule has 1 aliphatic heterocycles. The quantitative estimate of drug-likeness (QED) is 0.906. The number of nitrogens with zero attached hydrogens (tertiary/aromatic N) is 1. The molecule has 23 heavy (non-hydrogen) atoms. The lowest BCUT2D eigenvalue weighted by Crippen LogP contribution is -2.30. The van der Waals surface area contributed by atoms with E-state index in [1.807, 2.05) is 30.3 Å². The minimum Gasteiger partial charge on any atom is -0.492 e. The van der Waals surface area contributed by atoms with Gasteiger partial charge in [-0.3, -0.25) is 4.90 Å². The zero-order valence-corrected chi connectivity index (χ0v) is 12.7. The van der Waals surface area contributed by atoms with Crippen LogP contribution in [0.2, 0.25) is 0 Å². The van der Waals surface area contributed by atoms with Crippen molar-refractivity contribution < 1.29 is 19.7 Å². The lowest BCUT2D eigenvalue weighted by atomic mass is 10.1. The summed E-state index contributed by atoms with van der Waals surface area (Å²) < 4.78 is 5.67. The molecule has 2 N–H and O–H groups in total. The molecule has 0 saturated heterocycles. The van der Waals surface area contributed by atoms with Crippen molar-refractivity contribution in [3.8, 4) is 5.75 Å². The summed E-state index contributed by atoms with van der Waals surface area (Å²) in [6.45, 7) is 2.28. The summed E-state index contributed by atoms with van der Waals surface area (Å²) in [5.74, 6) is -0.349. The molecule has 0 aliphatic carbocycles. The molecule has 2 aromatic carbocycles. The monoisotopic (exact) mass is 313 g/mol. The van der Waals surface area contributed by atoms with E-state index in [1.165, 1.54) is 0 Å². The van der Waals surface area contributed by atoms with Crippen LogP contribution in [0.25, 0.3) is 0 Å². The van der Waals surface area contributed by atoms with E-state index in [9.17, 15) is 9.90 Å². The second-order valence-electron chi connectivity index (χ2n) is 5.64. The van der Waals surface area contributed by atoms with Crippen LogP contribution in [-0.2, 0) is 6.54 Å². The molecule has 1 heterocycles. The third kappa shape index (κ3) is 3.70. The van der Waals surface area contributed by atoms with Crippen LogP contribution in [0.1, 0.15) is 27.6 Å². The summed E-state index contributed by atoms with van der Waals surface area (Å²) in [7, 11) is 0. The molecule has 0 bridgehead atoms. The maximum Gasteiger partial charge on any atom is 0.335 e. The molecule has 1 aliphatic rings. The smallest absolute Gasteiger partial charge is 0.335 e. The molecule has 0 fully saturated rings. The normalized spacial score (nSPS) is 16.0. The fourth-order valence-corrected chi connectivity index (χ4v) is 2.74. The average Bonchev–Trinajstić information content (AvgIpc) is 2.76. The van der Waals surface area contributed by atoms with Crippen molar-refractivity contribution in [3.63, 3.8) is 0 Å². The Bertz CT molecular complexity index is 687. The minimum atomic E-state index is -0.961. The molecule has 0 unspecified atom stereocenters. The summed E-state index contributed by atoms with van der Waals surface area (Å²) in [5, 5.41) is 19.4. The van der Waals surface area contributed by atoms with Gasteiger partial charge in [0.1, 0.15) is 12.4 Å². The van der Waals surface area contributed by atoms with Gasteiger partial charge >= 0.3 is 5.97 Å². The van der Waals surface area contributed by atoms with E-state index in [0.29, 0.717) is 32.0 Å².